The number of hydrogen-bond donors (Lipinski definition) is 0. The Balaban J connectivity index is 1.57. The van der Waals surface area contributed by atoms with Gasteiger partial charge in [-0.2, -0.15) is 0 Å². The highest BCUT2D eigenvalue weighted by molar-refractivity contribution is 8.27. The first-order valence-corrected chi connectivity index (χ1v) is 11.4. The summed E-state index contributed by atoms with van der Waals surface area (Å²) in [5, 5.41) is 0.790. The van der Waals surface area contributed by atoms with E-state index >= 15 is 0 Å². The number of rotatable bonds is 5. The van der Waals surface area contributed by atoms with Crippen LogP contribution in [0.4, 0.5) is 5.69 Å². The Kier molecular flexibility index (Phi) is 6.68. The summed E-state index contributed by atoms with van der Waals surface area (Å²) in [7, 11) is 0. The van der Waals surface area contributed by atoms with Gasteiger partial charge in [0.15, 0.2) is 4.32 Å². The second-order valence-corrected chi connectivity index (χ2v) is 9.42. The van der Waals surface area contributed by atoms with Crippen LogP contribution in [0.2, 0.25) is 10.0 Å². The van der Waals surface area contributed by atoms with E-state index < -0.39 is 0 Å². The quantitative estimate of drug-likeness (QED) is 0.280. The molecule has 7 heteroatoms. The minimum Gasteiger partial charge on any atom is -0.488 e. The smallest absolute Gasteiger partial charge is 0.270 e. The summed E-state index contributed by atoms with van der Waals surface area (Å²) in [6, 6.07) is 20.8. The fourth-order valence-corrected chi connectivity index (χ4v) is 4.61. The van der Waals surface area contributed by atoms with Gasteiger partial charge in [-0.05, 0) is 42.8 Å². The molecule has 0 aromatic heterocycles. The standard InChI is InChI=1S/C24H17Cl2NO2S2/c1-15-6-8-16(9-7-15)14-29-21-5-3-2-4-17(21)12-22-23(28)27(24(30)31-22)18-10-11-19(25)20(26)13-18/h2-13H,14H2,1H3/b22-12-. The van der Waals surface area contributed by atoms with Crippen molar-refractivity contribution in [3.05, 3.63) is 98.4 Å². The van der Waals surface area contributed by atoms with Crippen molar-refractivity contribution in [2.75, 3.05) is 4.90 Å². The van der Waals surface area contributed by atoms with Crippen molar-refractivity contribution < 1.29 is 9.53 Å². The highest BCUT2D eigenvalue weighted by Crippen LogP contribution is 2.38. The Morgan fingerprint density at radius 2 is 1.77 bits per heavy atom. The van der Waals surface area contributed by atoms with Crippen molar-refractivity contribution in [3.63, 3.8) is 0 Å². The van der Waals surface area contributed by atoms with Gasteiger partial charge in [-0.15, -0.1) is 0 Å². The Hall–Kier alpha value is -2.31. The average molecular weight is 486 g/mol. The molecular weight excluding hydrogens is 469 g/mol. The number of amides is 1. The number of thiocarbonyl (C=S) groups is 1. The monoisotopic (exact) mass is 485 g/mol. The molecule has 0 radical (unpaired) electrons. The van der Waals surface area contributed by atoms with E-state index in [0.717, 1.165) is 11.1 Å². The number of carbonyl (C=O) groups is 1. The predicted molar refractivity (Wildman–Crippen MR) is 134 cm³/mol. The van der Waals surface area contributed by atoms with Gasteiger partial charge in [-0.3, -0.25) is 9.69 Å². The zero-order valence-electron chi connectivity index (χ0n) is 16.5. The molecule has 1 amide bonds. The third-order valence-corrected chi connectivity index (χ3v) is 6.72. The molecule has 4 rings (SSSR count). The molecule has 0 bridgehead atoms. The summed E-state index contributed by atoms with van der Waals surface area (Å²) in [5.74, 6) is 0.490. The Morgan fingerprint density at radius 1 is 1.03 bits per heavy atom. The molecule has 3 aromatic rings. The molecule has 1 aliphatic heterocycles. The van der Waals surface area contributed by atoms with Crippen LogP contribution in [0, 0.1) is 6.92 Å². The first kappa shape index (κ1) is 21.9. The Labute approximate surface area is 200 Å². The number of anilines is 1. The topological polar surface area (TPSA) is 29.5 Å². The molecule has 31 heavy (non-hydrogen) atoms. The maximum Gasteiger partial charge on any atom is 0.270 e. The van der Waals surface area contributed by atoms with Gasteiger partial charge in [0.2, 0.25) is 0 Å². The van der Waals surface area contributed by atoms with Crippen molar-refractivity contribution in [2.24, 2.45) is 0 Å². The number of hydrogen-bond acceptors (Lipinski definition) is 4. The van der Waals surface area contributed by atoms with Crippen LogP contribution in [0.5, 0.6) is 5.75 Å². The SMILES string of the molecule is Cc1ccc(COc2ccccc2/C=C2\SC(=S)N(c3ccc(Cl)c(Cl)c3)C2=O)cc1. The van der Waals surface area contributed by atoms with Gasteiger partial charge in [0.25, 0.3) is 5.91 Å². The number of thioether (sulfide) groups is 1. The largest absolute Gasteiger partial charge is 0.488 e. The number of halogens is 2. The number of nitrogens with zero attached hydrogens (tertiary/aromatic N) is 1. The first-order chi connectivity index (χ1) is 14.9. The van der Waals surface area contributed by atoms with Crippen LogP contribution in [0.25, 0.3) is 6.08 Å². The van der Waals surface area contributed by atoms with E-state index in [2.05, 4.69) is 12.1 Å². The summed E-state index contributed by atoms with van der Waals surface area (Å²) >= 11 is 18.8. The molecule has 0 saturated carbocycles. The second-order valence-electron chi connectivity index (χ2n) is 6.93. The molecule has 1 aliphatic rings. The van der Waals surface area contributed by atoms with E-state index in [4.69, 9.17) is 40.2 Å². The van der Waals surface area contributed by atoms with Gasteiger partial charge in [0.05, 0.1) is 20.6 Å². The lowest BCUT2D eigenvalue weighted by Crippen LogP contribution is -2.27. The van der Waals surface area contributed by atoms with E-state index in [1.54, 1.807) is 24.3 Å². The van der Waals surface area contributed by atoms with Gasteiger partial charge in [-0.1, -0.05) is 95.2 Å². The average Bonchev–Trinajstić information content (AvgIpc) is 3.03. The van der Waals surface area contributed by atoms with E-state index in [-0.39, 0.29) is 5.91 Å². The molecule has 0 N–H and O–H groups in total. The lowest BCUT2D eigenvalue weighted by molar-refractivity contribution is -0.113. The Bertz CT molecular complexity index is 1190. The summed E-state index contributed by atoms with van der Waals surface area (Å²) in [6.07, 6.45) is 1.81. The fraction of sp³-hybridized carbons (Fsp3) is 0.0833. The fourth-order valence-electron chi connectivity index (χ4n) is 3.03. The van der Waals surface area contributed by atoms with Crippen LogP contribution in [0.15, 0.2) is 71.6 Å². The summed E-state index contributed by atoms with van der Waals surface area (Å²) in [5.41, 5.74) is 3.67. The minimum absolute atomic E-state index is 0.207. The molecule has 1 saturated heterocycles. The molecule has 3 aromatic carbocycles. The van der Waals surface area contributed by atoms with Crippen molar-refractivity contribution >= 4 is 69.2 Å². The third kappa shape index (κ3) is 4.96. The van der Waals surface area contributed by atoms with Crippen LogP contribution in [-0.4, -0.2) is 10.2 Å². The van der Waals surface area contributed by atoms with Gasteiger partial charge in [-0.25, -0.2) is 0 Å². The van der Waals surface area contributed by atoms with Gasteiger partial charge >= 0.3 is 0 Å². The van der Waals surface area contributed by atoms with Gasteiger partial charge < -0.3 is 4.74 Å². The van der Waals surface area contributed by atoms with Crippen molar-refractivity contribution in [3.8, 4) is 5.75 Å². The highest BCUT2D eigenvalue weighted by atomic mass is 35.5. The third-order valence-electron chi connectivity index (χ3n) is 4.68. The number of ether oxygens (including phenoxy) is 1. The van der Waals surface area contributed by atoms with Crippen LogP contribution < -0.4 is 9.64 Å². The Morgan fingerprint density at radius 3 is 2.52 bits per heavy atom. The lowest BCUT2D eigenvalue weighted by Gasteiger charge is -2.15. The highest BCUT2D eigenvalue weighted by Gasteiger charge is 2.33. The predicted octanol–water partition coefficient (Wildman–Crippen LogP) is 7.29. The summed E-state index contributed by atoms with van der Waals surface area (Å²) in [4.78, 5) is 15.1. The zero-order valence-corrected chi connectivity index (χ0v) is 19.6. The molecule has 0 spiro atoms. The number of benzene rings is 3. The second kappa shape index (κ2) is 9.45. The van der Waals surface area contributed by atoms with E-state index in [9.17, 15) is 4.79 Å². The molecular formula is C24H17Cl2NO2S2. The van der Waals surface area contributed by atoms with E-state index in [1.807, 2.05) is 43.3 Å². The zero-order chi connectivity index (χ0) is 22.0. The van der Waals surface area contributed by atoms with Crippen LogP contribution in [0.1, 0.15) is 16.7 Å². The van der Waals surface area contributed by atoms with Crippen LogP contribution >= 0.6 is 47.2 Å². The molecule has 3 nitrogen and oxygen atoms in total. The first-order valence-electron chi connectivity index (χ1n) is 9.43. The van der Waals surface area contributed by atoms with Crippen molar-refractivity contribution in [1.29, 1.82) is 0 Å². The molecule has 0 atom stereocenters. The summed E-state index contributed by atoms with van der Waals surface area (Å²) in [6.45, 7) is 2.49. The number of para-hydroxylation sites is 1. The lowest BCUT2D eigenvalue weighted by atomic mass is 10.1. The molecule has 0 unspecified atom stereocenters. The van der Waals surface area contributed by atoms with Crippen molar-refractivity contribution in [1.82, 2.24) is 0 Å². The molecule has 0 aliphatic carbocycles. The molecule has 156 valence electrons. The van der Waals surface area contributed by atoms with Crippen LogP contribution in [0.3, 0.4) is 0 Å². The molecule has 1 fully saturated rings. The van der Waals surface area contributed by atoms with Gasteiger partial charge in [0.1, 0.15) is 12.4 Å². The summed E-state index contributed by atoms with van der Waals surface area (Å²) < 4.78 is 6.47. The number of carbonyl (C=O) groups excluding carboxylic acids is 1. The minimum atomic E-state index is -0.207. The van der Waals surface area contributed by atoms with Crippen molar-refractivity contribution in [2.45, 2.75) is 13.5 Å². The maximum absolute atomic E-state index is 13.1. The van der Waals surface area contributed by atoms with E-state index in [1.165, 1.54) is 22.2 Å². The van der Waals surface area contributed by atoms with Gasteiger partial charge in [0, 0.05) is 5.56 Å². The van der Waals surface area contributed by atoms with Crippen LogP contribution in [-0.2, 0) is 11.4 Å². The maximum atomic E-state index is 13.1. The van der Waals surface area contributed by atoms with E-state index in [0.29, 0.717) is 37.3 Å². The normalized spacial score (nSPS) is 15.1. The number of aryl methyl sites for hydroxylation is 1. The molecule has 1 heterocycles.